The zero-order chi connectivity index (χ0) is 22.5. The van der Waals surface area contributed by atoms with E-state index in [9.17, 15) is 20.2 Å². The molecule has 8 nitrogen and oxygen atoms in total. The highest BCUT2D eigenvalue weighted by atomic mass is 16.6. The fraction of sp³-hybridized carbons (Fsp3) is 0.130. The quantitative estimate of drug-likeness (QED) is 0.274. The number of hydrogen-bond donors (Lipinski definition) is 1. The minimum absolute atomic E-state index is 0.0151. The van der Waals surface area contributed by atoms with E-state index in [1.165, 1.54) is 18.2 Å². The normalized spacial score (nSPS) is 11.0. The van der Waals surface area contributed by atoms with Gasteiger partial charge in [0.15, 0.2) is 0 Å². The number of amides is 1. The van der Waals surface area contributed by atoms with Crippen LogP contribution in [0.3, 0.4) is 0 Å². The summed E-state index contributed by atoms with van der Waals surface area (Å²) in [4.78, 5) is 23.2. The monoisotopic (exact) mass is 416 g/mol. The molecule has 0 radical (unpaired) electrons. The number of nitro benzene ring substituents is 1. The molecule has 8 heteroatoms. The maximum atomic E-state index is 12.6. The molecule has 3 rings (SSSR count). The smallest absolute Gasteiger partial charge is 0.271 e. The second kappa shape index (κ2) is 8.97. The van der Waals surface area contributed by atoms with E-state index in [1.807, 2.05) is 30.6 Å². The van der Waals surface area contributed by atoms with Crippen LogP contribution in [-0.4, -0.2) is 22.5 Å². The molecule has 0 atom stereocenters. The third-order valence-electron chi connectivity index (χ3n) is 4.78. The molecule has 1 amide bonds. The lowest BCUT2D eigenvalue weighted by atomic mass is 10.1. The van der Waals surface area contributed by atoms with Crippen molar-refractivity contribution in [3.05, 3.63) is 87.2 Å². The lowest BCUT2D eigenvalue weighted by Crippen LogP contribution is -2.13. The van der Waals surface area contributed by atoms with Gasteiger partial charge in [-0.25, -0.2) is 0 Å². The van der Waals surface area contributed by atoms with Gasteiger partial charge in [0.1, 0.15) is 17.4 Å². The van der Waals surface area contributed by atoms with Crippen LogP contribution in [0.15, 0.2) is 60.2 Å². The summed E-state index contributed by atoms with van der Waals surface area (Å²) < 4.78 is 6.93. The van der Waals surface area contributed by atoms with E-state index in [2.05, 4.69) is 5.32 Å². The van der Waals surface area contributed by atoms with Crippen molar-refractivity contribution in [2.45, 2.75) is 13.8 Å². The molecular weight excluding hydrogens is 396 g/mol. The van der Waals surface area contributed by atoms with Gasteiger partial charge in [0.25, 0.3) is 11.6 Å². The molecule has 0 aliphatic rings. The van der Waals surface area contributed by atoms with Crippen molar-refractivity contribution in [2.24, 2.45) is 0 Å². The number of nitro groups is 1. The Morgan fingerprint density at radius 1 is 1.19 bits per heavy atom. The molecule has 1 N–H and O–H groups in total. The Labute approximate surface area is 179 Å². The van der Waals surface area contributed by atoms with E-state index in [0.717, 1.165) is 11.4 Å². The second-order valence-electron chi connectivity index (χ2n) is 6.79. The number of benzene rings is 2. The Balaban J connectivity index is 1.92. The molecule has 31 heavy (non-hydrogen) atoms. The fourth-order valence-corrected chi connectivity index (χ4v) is 3.25. The number of rotatable bonds is 6. The van der Waals surface area contributed by atoms with Gasteiger partial charge >= 0.3 is 0 Å². The maximum absolute atomic E-state index is 12.6. The average molecular weight is 416 g/mol. The standard InChI is InChI=1S/C23H20N4O4/c1-15-11-17(16(2)26(15)20-5-4-6-21(13-20)27(29)30)12-18(14-24)23(28)25-19-7-9-22(31-3)10-8-19/h4-13H,1-3H3,(H,25,28)/b18-12+. The number of nitriles is 1. The van der Waals surface area contributed by atoms with E-state index in [4.69, 9.17) is 4.74 Å². The molecular formula is C23H20N4O4. The lowest BCUT2D eigenvalue weighted by Gasteiger charge is -2.09. The molecule has 0 bridgehead atoms. The van der Waals surface area contributed by atoms with Gasteiger partial charge < -0.3 is 14.6 Å². The minimum Gasteiger partial charge on any atom is -0.497 e. The van der Waals surface area contributed by atoms with E-state index in [1.54, 1.807) is 43.5 Å². The highest BCUT2D eigenvalue weighted by Crippen LogP contribution is 2.25. The number of aryl methyl sites for hydroxylation is 1. The molecule has 3 aromatic rings. The minimum atomic E-state index is -0.534. The fourth-order valence-electron chi connectivity index (χ4n) is 3.25. The summed E-state index contributed by atoms with van der Waals surface area (Å²) in [5.41, 5.74) is 3.33. The van der Waals surface area contributed by atoms with Crippen LogP contribution in [0.4, 0.5) is 11.4 Å². The number of nitrogens with one attached hydrogen (secondary N) is 1. The van der Waals surface area contributed by atoms with Crippen molar-refractivity contribution in [3.63, 3.8) is 0 Å². The van der Waals surface area contributed by atoms with E-state index < -0.39 is 10.8 Å². The summed E-state index contributed by atoms with van der Waals surface area (Å²) in [6, 6.07) is 16.8. The van der Waals surface area contributed by atoms with Crippen LogP contribution in [0.5, 0.6) is 5.75 Å². The summed E-state index contributed by atoms with van der Waals surface area (Å²) in [7, 11) is 1.55. The van der Waals surface area contributed by atoms with Gasteiger partial charge in [-0.3, -0.25) is 14.9 Å². The van der Waals surface area contributed by atoms with E-state index in [-0.39, 0.29) is 11.3 Å². The Bertz CT molecular complexity index is 1220. The van der Waals surface area contributed by atoms with Gasteiger partial charge in [-0.05, 0) is 61.9 Å². The van der Waals surface area contributed by atoms with Crippen LogP contribution in [0.1, 0.15) is 17.0 Å². The first-order valence-corrected chi connectivity index (χ1v) is 9.35. The summed E-state index contributed by atoms with van der Waals surface area (Å²) in [5.74, 6) is 0.121. The molecule has 0 spiro atoms. The van der Waals surface area contributed by atoms with Gasteiger partial charge in [-0.2, -0.15) is 5.26 Å². The third kappa shape index (κ3) is 4.62. The van der Waals surface area contributed by atoms with Crippen molar-refractivity contribution in [2.75, 3.05) is 12.4 Å². The number of methoxy groups -OCH3 is 1. The number of non-ortho nitro benzene ring substituents is 1. The van der Waals surface area contributed by atoms with Crippen molar-refractivity contribution >= 4 is 23.4 Å². The Morgan fingerprint density at radius 2 is 1.90 bits per heavy atom. The topological polar surface area (TPSA) is 110 Å². The predicted octanol–water partition coefficient (Wildman–Crippen LogP) is 4.56. The number of carbonyl (C=O) groups excluding carboxylic acids is 1. The van der Waals surface area contributed by atoms with Crippen LogP contribution in [0, 0.1) is 35.3 Å². The number of anilines is 1. The number of aromatic nitrogens is 1. The first kappa shape index (κ1) is 21.3. The second-order valence-corrected chi connectivity index (χ2v) is 6.79. The first-order valence-electron chi connectivity index (χ1n) is 9.35. The molecule has 0 fully saturated rings. The average Bonchev–Trinajstić information content (AvgIpc) is 3.05. The molecule has 2 aromatic carbocycles. The molecule has 0 saturated carbocycles. The summed E-state index contributed by atoms with van der Waals surface area (Å²) in [5, 5.41) is 23.3. The van der Waals surface area contributed by atoms with Gasteiger partial charge in [0, 0.05) is 29.2 Å². The van der Waals surface area contributed by atoms with Gasteiger partial charge in [-0.1, -0.05) is 6.07 Å². The Kier molecular flexibility index (Phi) is 6.17. The van der Waals surface area contributed by atoms with Crippen molar-refractivity contribution < 1.29 is 14.5 Å². The van der Waals surface area contributed by atoms with Crippen LogP contribution in [0.25, 0.3) is 11.8 Å². The predicted molar refractivity (Wildman–Crippen MR) is 117 cm³/mol. The molecule has 0 aliphatic carbocycles. The summed E-state index contributed by atoms with van der Waals surface area (Å²) >= 11 is 0. The zero-order valence-electron chi connectivity index (χ0n) is 17.2. The zero-order valence-corrected chi connectivity index (χ0v) is 17.2. The lowest BCUT2D eigenvalue weighted by molar-refractivity contribution is -0.384. The maximum Gasteiger partial charge on any atom is 0.271 e. The summed E-state index contributed by atoms with van der Waals surface area (Å²) in [6.07, 6.45) is 1.51. The Morgan fingerprint density at radius 3 is 2.52 bits per heavy atom. The van der Waals surface area contributed by atoms with Crippen LogP contribution >= 0.6 is 0 Å². The number of hydrogen-bond acceptors (Lipinski definition) is 5. The van der Waals surface area contributed by atoms with Crippen molar-refractivity contribution in [1.82, 2.24) is 4.57 Å². The van der Waals surface area contributed by atoms with Gasteiger partial charge in [0.05, 0.1) is 17.7 Å². The summed E-state index contributed by atoms with van der Waals surface area (Å²) in [6.45, 7) is 3.68. The van der Waals surface area contributed by atoms with Crippen LogP contribution < -0.4 is 10.1 Å². The van der Waals surface area contributed by atoms with E-state index >= 15 is 0 Å². The number of nitrogens with zero attached hydrogens (tertiary/aromatic N) is 3. The van der Waals surface area contributed by atoms with Gasteiger partial charge in [-0.15, -0.1) is 0 Å². The SMILES string of the molecule is COc1ccc(NC(=O)/C(C#N)=C/c2cc(C)n(-c3cccc([N+](=O)[O-])c3)c2C)cc1. The number of carbonyl (C=O) groups is 1. The molecule has 156 valence electrons. The van der Waals surface area contributed by atoms with Crippen molar-refractivity contribution in [3.8, 4) is 17.5 Å². The van der Waals surface area contributed by atoms with E-state index in [0.29, 0.717) is 22.7 Å². The largest absolute Gasteiger partial charge is 0.497 e. The highest BCUT2D eigenvalue weighted by molar-refractivity contribution is 6.09. The molecule has 0 unspecified atom stereocenters. The molecule has 0 saturated heterocycles. The molecule has 0 aliphatic heterocycles. The van der Waals surface area contributed by atoms with Crippen LogP contribution in [-0.2, 0) is 4.79 Å². The Hall–Kier alpha value is -4.38. The van der Waals surface area contributed by atoms with Crippen molar-refractivity contribution in [1.29, 1.82) is 5.26 Å². The third-order valence-corrected chi connectivity index (χ3v) is 4.78. The molecule has 1 heterocycles. The van der Waals surface area contributed by atoms with Crippen LogP contribution in [0.2, 0.25) is 0 Å². The van der Waals surface area contributed by atoms with Gasteiger partial charge in [0.2, 0.25) is 0 Å². The highest BCUT2D eigenvalue weighted by Gasteiger charge is 2.15. The first-order chi connectivity index (χ1) is 14.8. The number of ether oxygens (including phenoxy) is 1. The molecule has 1 aromatic heterocycles.